The maximum atomic E-state index is 15.5. The number of ketones is 1. The fourth-order valence-corrected chi connectivity index (χ4v) is 3.71. The van der Waals surface area contributed by atoms with E-state index in [9.17, 15) is 19.1 Å². The van der Waals surface area contributed by atoms with E-state index in [1.807, 2.05) is 0 Å². The second-order valence-corrected chi connectivity index (χ2v) is 7.31. The van der Waals surface area contributed by atoms with Gasteiger partial charge in [0.25, 0.3) is 0 Å². The van der Waals surface area contributed by atoms with Gasteiger partial charge in [-0.2, -0.15) is 0 Å². The van der Waals surface area contributed by atoms with Gasteiger partial charge in [-0.25, -0.2) is 8.78 Å². The summed E-state index contributed by atoms with van der Waals surface area (Å²) < 4.78 is 29.9. The first kappa shape index (κ1) is 19.4. The molecular formula is C20H16ClF2N3O3. The van der Waals surface area contributed by atoms with Gasteiger partial charge in [-0.05, 0) is 18.2 Å². The summed E-state index contributed by atoms with van der Waals surface area (Å²) in [5, 5.41) is 15.7. The van der Waals surface area contributed by atoms with Crippen molar-refractivity contribution in [1.82, 2.24) is 5.32 Å². The van der Waals surface area contributed by atoms with E-state index in [2.05, 4.69) is 10.6 Å². The molecule has 0 atom stereocenters. The molecule has 0 unspecified atom stereocenters. The van der Waals surface area contributed by atoms with Crippen LogP contribution < -0.4 is 15.5 Å². The van der Waals surface area contributed by atoms with Crippen LogP contribution in [0.4, 0.5) is 20.2 Å². The fourth-order valence-electron chi connectivity index (χ4n) is 3.43. The second kappa shape index (κ2) is 7.46. The maximum absolute atomic E-state index is 15.5. The summed E-state index contributed by atoms with van der Waals surface area (Å²) in [4.78, 5) is 24.6. The van der Waals surface area contributed by atoms with Gasteiger partial charge in [0.2, 0.25) is 5.78 Å². The molecule has 0 spiro atoms. The van der Waals surface area contributed by atoms with Crippen molar-refractivity contribution in [2.45, 2.75) is 0 Å². The highest BCUT2D eigenvalue weighted by atomic mass is 35.5. The fraction of sp³-hybridized carbons (Fsp3) is 0.200. The first-order valence-corrected chi connectivity index (χ1v) is 9.24. The van der Waals surface area contributed by atoms with E-state index in [-0.39, 0.29) is 39.7 Å². The van der Waals surface area contributed by atoms with Gasteiger partial charge in [0, 0.05) is 37.3 Å². The minimum absolute atomic E-state index is 0.0984. The number of benzene rings is 2. The molecule has 29 heavy (non-hydrogen) atoms. The molecule has 2 aromatic rings. The molecule has 0 radical (unpaired) electrons. The average Bonchev–Trinajstić information content (AvgIpc) is 2.66. The molecule has 9 heteroatoms. The van der Waals surface area contributed by atoms with Gasteiger partial charge in [0.05, 0.1) is 22.0 Å². The number of anilines is 2. The Hall–Kier alpha value is -2.97. The van der Waals surface area contributed by atoms with Crippen molar-refractivity contribution in [1.29, 1.82) is 0 Å². The summed E-state index contributed by atoms with van der Waals surface area (Å²) in [5.74, 6) is -2.84. The summed E-state index contributed by atoms with van der Waals surface area (Å²) in [6.07, 6.45) is 1.57. The average molecular weight is 420 g/mol. The van der Waals surface area contributed by atoms with Crippen LogP contribution in [-0.2, 0) is 9.59 Å². The number of Topliss-reactive ketones (excluding diaryl/α,β-unsaturated/α-hetero) is 1. The molecular weight excluding hydrogens is 404 g/mol. The quantitative estimate of drug-likeness (QED) is 0.510. The standard InChI is InChI=1S/C20H16ClF2N3O3/c21-11-4-14-20(19(23)17(11)18-12(22)2-1-3-15(18)28)25-13(16(29)9-27)8-26(14)7-10-5-24-6-10/h1-4,8-10,24-25,28H,5-7H2. The van der Waals surface area contributed by atoms with Crippen molar-refractivity contribution in [2.75, 3.05) is 29.9 Å². The molecule has 0 bridgehead atoms. The zero-order chi connectivity index (χ0) is 20.7. The zero-order valence-electron chi connectivity index (χ0n) is 15.0. The summed E-state index contributed by atoms with van der Waals surface area (Å²) in [7, 11) is 0. The molecule has 3 N–H and O–H groups in total. The van der Waals surface area contributed by atoms with Crippen LogP contribution in [0.1, 0.15) is 0 Å². The SMILES string of the molecule is O=CC(=O)C1=CN(CC2CNC2)c2cc(Cl)c(-c3c(O)cccc3F)c(F)c2N1. The number of phenols is 1. The molecule has 2 aromatic carbocycles. The Morgan fingerprint density at radius 3 is 2.69 bits per heavy atom. The van der Waals surface area contributed by atoms with Gasteiger partial charge in [0.1, 0.15) is 17.3 Å². The topological polar surface area (TPSA) is 81.7 Å². The molecule has 6 nitrogen and oxygen atoms in total. The van der Waals surface area contributed by atoms with Crippen LogP contribution in [0.2, 0.25) is 5.02 Å². The highest BCUT2D eigenvalue weighted by Crippen LogP contribution is 2.46. The van der Waals surface area contributed by atoms with Gasteiger partial charge >= 0.3 is 0 Å². The Labute approximate surface area is 169 Å². The summed E-state index contributed by atoms with van der Waals surface area (Å²) >= 11 is 6.29. The van der Waals surface area contributed by atoms with E-state index in [4.69, 9.17) is 11.6 Å². The molecule has 0 aliphatic carbocycles. The van der Waals surface area contributed by atoms with Gasteiger partial charge in [0.15, 0.2) is 12.1 Å². The third-order valence-electron chi connectivity index (χ3n) is 4.99. The number of carbonyl (C=O) groups excluding carboxylic acids is 2. The van der Waals surface area contributed by atoms with E-state index < -0.39 is 23.2 Å². The predicted octanol–water partition coefficient (Wildman–Crippen LogP) is 3.05. The molecule has 0 aromatic heterocycles. The highest BCUT2D eigenvalue weighted by molar-refractivity contribution is 6.35. The van der Waals surface area contributed by atoms with E-state index in [1.165, 1.54) is 24.4 Å². The van der Waals surface area contributed by atoms with Crippen molar-refractivity contribution < 1.29 is 23.5 Å². The molecule has 0 saturated carbocycles. The number of nitrogens with zero attached hydrogens (tertiary/aromatic N) is 1. The number of hydrogen-bond acceptors (Lipinski definition) is 6. The summed E-state index contributed by atoms with van der Waals surface area (Å²) in [6.45, 7) is 2.00. The Bertz CT molecular complexity index is 1030. The monoisotopic (exact) mass is 419 g/mol. The van der Waals surface area contributed by atoms with Crippen LogP contribution in [0, 0.1) is 17.6 Å². The van der Waals surface area contributed by atoms with E-state index >= 15 is 4.39 Å². The van der Waals surface area contributed by atoms with Crippen LogP contribution >= 0.6 is 11.6 Å². The lowest BCUT2D eigenvalue weighted by molar-refractivity contribution is -0.127. The van der Waals surface area contributed by atoms with Gasteiger partial charge in [-0.3, -0.25) is 9.59 Å². The van der Waals surface area contributed by atoms with E-state index in [1.54, 1.807) is 4.90 Å². The number of rotatable bonds is 5. The Kier molecular flexibility index (Phi) is 4.97. The van der Waals surface area contributed by atoms with Crippen LogP contribution in [0.25, 0.3) is 11.1 Å². The minimum atomic E-state index is -0.936. The van der Waals surface area contributed by atoms with Crippen molar-refractivity contribution in [3.63, 3.8) is 0 Å². The van der Waals surface area contributed by atoms with Gasteiger partial charge in [-0.15, -0.1) is 0 Å². The number of aromatic hydroxyl groups is 1. The molecule has 150 valence electrons. The van der Waals surface area contributed by atoms with Crippen LogP contribution in [0.5, 0.6) is 5.75 Å². The molecule has 4 rings (SSSR count). The Balaban J connectivity index is 1.88. The predicted molar refractivity (Wildman–Crippen MR) is 105 cm³/mol. The Morgan fingerprint density at radius 2 is 2.07 bits per heavy atom. The van der Waals surface area contributed by atoms with Crippen LogP contribution in [0.3, 0.4) is 0 Å². The molecule has 1 fully saturated rings. The number of nitrogens with one attached hydrogen (secondary N) is 2. The van der Waals surface area contributed by atoms with Crippen LogP contribution in [-0.4, -0.2) is 36.8 Å². The number of fused-ring (bicyclic) bond motifs is 1. The summed E-state index contributed by atoms with van der Waals surface area (Å²) in [5.41, 5.74) is -0.594. The van der Waals surface area contributed by atoms with Crippen molar-refractivity contribution >= 4 is 35.0 Å². The lowest BCUT2D eigenvalue weighted by Gasteiger charge is -2.36. The number of aldehydes is 1. The molecule has 2 aliphatic rings. The third-order valence-corrected chi connectivity index (χ3v) is 5.28. The lowest BCUT2D eigenvalue weighted by Crippen LogP contribution is -2.48. The number of carbonyl (C=O) groups is 2. The number of phenolic OH excluding ortho intramolecular Hbond substituents is 1. The highest BCUT2D eigenvalue weighted by Gasteiger charge is 2.31. The maximum Gasteiger partial charge on any atom is 0.242 e. The first-order chi connectivity index (χ1) is 13.9. The van der Waals surface area contributed by atoms with Crippen molar-refractivity contribution in [2.24, 2.45) is 5.92 Å². The van der Waals surface area contributed by atoms with Gasteiger partial charge in [-0.1, -0.05) is 17.7 Å². The van der Waals surface area contributed by atoms with E-state index in [0.717, 1.165) is 19.2 Å². The first-order valence-electron chi connectivity index (χ1n) is 8.86. The normalized spacial score (nSPS) is 15.8. The third kappa shape index (κ3) is 3.34. The zero-order valence-corrected chi connectivity index (χ0v) is 15.8. The number of hydrogen-bond donors (Lipinski definition) is 3. The molecule has 0 amide bonds. The molecule has 2 aliphatic heterocycles. The number of halogens is 3. The van der Waals surface area contributed by atoms with Crippen molar-refractivity contribution in [3.8, 4) is 16.9 Å². The second-order valence-electron chi connectivity index (χ2n) is 6.90. The lowest BCUT2D eigenvalue weighted by atomic mass is 9.98. The molecule has 2 heterocycles. The van der Waals surface area contributed by atoms with Crippen LogP contribution in [0.15, 0.2) is 36.2 Å². The largest absolute Gasteiger partial charge is 0.507 e. The van der Waals surface area contributed by atoms with Gasteiger partial charge < -0.3 is 20.6 Å². The van der Waals surface area contributed by atoms with Crippen molar-refractivity contribution in [3.05, 3.63) is 52.8 Å². The molecule has 1 saturated heterocycles. The smallest absolute Gasteiger partial charge is 0.242 e. The number of allylic oxidation sites excluding steroid dienone is 1. The van der Waals surface area contributed by atoms with E-state index in [0.29, 0.717) is 12.2 Å². The summed E-state index contributed by atoms with van der Waals surface area (Å²) in [6, 6.07) is 5.03. The Morgan fingerprint density at radius 1 is 1.31 bits per heavy atom. The minimum Gasteiger partial charge on any atom is -0.507 e.